The SMILES string of the molecule is Cc1nc2cc(NC(=O)C(C)SCc3nc4sc(C)c(C)c4c(=O)[nH]3)ccc2o1. The summed E-state index contributed by atoms with van der Waals surface area (Å²) in [4.78, 5) is 38.4. The molecule has 7 nitrogen and oxygen atoms in total. The number of fused-ring (bicyclic) bond motifs is 2. The number of nitrogens with zero attached hydrogens (tertiary/aromatic N) is 2. The van der Waals surface area contributed by atoms with Gasteiger partial charge in [-0.05, 0) is 44.5 Å². The number of H-pyrrole nitrogens is 1. The van der Waals surface area contributed by atoms with Crippen LogP contribution in [0, 0.1) is 20.8 Å². The Bertz CT molecular complexity index is 1290. The fourth-order valence-electron chi connectivity index (χ4n) is 3.01. The summed E-state index contributed by atoms with van der Waals surface area (Å²) in [5.41, 5.74) is 2.91. The Morgan fingerprint density at radius 2 is 2.10 bits per heavy atom. The molecule has 0 fully saturated rings. The fraction of sp³-hybridized carbons (Fsp3) is 0.300. The van der Waals surface area contributed by atoms with E-state index in [0.717, 1.165) is 15.3 Å². The van der Waals surface area contributed by atoms with Crippen molar-refractivity contribution in [1.29, 1.82) is 0 Å². The van der Waals surface area contributed by atoms with Gasteiger partial charge in [-0.2, -0.15) is 0 Å². The first-order valence-electron chi connectivity index (χ1n) is 9.10. The van der Waals surface area contributed by atoms with Gasteiger partial charge in [-0.3, -0.25) is 9.59 Å². The number of oxazole rings is 1. The van der Waals surface area contributed by atoms with Gasteiger partial charge in [0.15, 0.2) is 11.5 Å². The number of aryl methyl sites for hydroxylation is 3. The molecule has 29 heavy (non-hydrogen) atoms. The highest BCUT2D eigenvalue weighted by atomic mass is 32.2. The van der Waals surface area contributed by atoms with Gasteiger partial charge in [-0.15, -0.1) is 23.1 Å². The van der Waals surface area contributed by atoms with Crippen molar-refractivity contribution in [3.8, 4) is 0 Å². The first kappa shape index (κ1) is 19.7. The van der Waals surface area contributed by atoms with E-state index in [4.69, 9.17) is 4.42 Å². The Labute approximate surface area is 174 Å². The number of aromatic amines is 1. The van der Waals surface area contributed by atoms with Gasteiger partial charge in [0.1, 0.15) is 16.2 Å². The first-order valence-corrected chi connectivity index (χ1v) is 11.0. The van der Waals surface area contributed by atoms with Gasteiger partial charge in [0.2, 0.25) is 5.91 Å². The molecular formula is C20H20N4O3S2. The summed E-state index contributed by atoms with van der Waals surface area (Å²) in [5, 5.41) is 3.24. The van der Waals surface area contributed by atoms with Crippen LogP contribution < -0.4 is 10.9 Å². The summed E-state index contributed by atoms with van der Waals surface area (Å²) < 4.78 is 5.45. The molecule has 0 saturated heterocycles. The number of nitrogens with one attached hydrogen (secondary N) is 2. The van der Waals surface area contributed by atoms with E-state index in [1.54, 1.807) is 25.1 Å². The minimum atomic E-state index is -0.322. The molecule has 9 heteroatoms. The Morgan fingerprint density at radius 3 is 2.90 bits per heavy atom. The van der Waals surface area contributed by atoms with Crippen LogP contribution in [0.5, 0.6) is 0 Å². The van der Waals surface area contributed by atoms with Gasteiger partial charge in [0.25, 0.3) is 5.56 Å². The standard InChI is InChI=1S/C20H20N4O3S2/c1-9-10(2)29-20-17(9)19(26)23-16(24-20)8-28-11(3)18(25)22-13-5-6-15-14(7-13)21-12(4)27-15/h5-7,11H,8H2,1-4H3,(H,22,25)(H,23,24,26). The van der Waals surface area contributed by atoms with Crippen LogP contribution in [0.2, 0.25) is 0 Å². The topological polar surface area (TPSA) is 101 Å². The second-order valence-corrected chi connectivity index (χ2v) is 9.37. The molecule has 150 valence electrons. The number of thiophene rings is 1. The normalized spacial score (nSPS) is 12.6. The van der Waals surface area contributed by atoms with E-state index in [1.807, 2.05) is 20.8 Å². The van der Waals surface area contributed by atoms with Crippen molar-refractivity contribution in [3.05, 3.63) is 50.7 Å². The number of carbonyl (C=O) groups excluding carboxylic acids is 1. The Hall–Kier alpha value is -2.65. The zero-order chi connectivity index (χ0) is 20.7. The number of anilines is 1. The molecular weight excluding hydrogens is 408 g/mol. The average molecular weight is 429 g/mol. The summed E-state index contributed by atoms with van der Waals surface area (Å²) in [5.74, 6) is 1.48. The monoisotopic (exact) mass is 428 g/mol. The van der Waals surface area contributed by atoms with Gasteiger partial charge >= 0.3 is 0 Å². The average Bonchev–Trinajstić information content (AvgIpc) is 3.17. The lowest BCUT2D eigenvalue weighted by Gasteiger charge is -2.11. The van der Waals surface area contributed by atoms with Crippen LogP contribution in [-0.4, -0.2) is 26.1 Å². The number of hydrogen-bond acceptors (Lipinski definition) is 7. The highest BCUT2D eigenvalue weighted by Crippen LogP contribution is 2.27. The lowest BCUT2D eigenvalue weighted by atomic mass is 10.2. The van der Waals surface area contributed by atoms with Gasteiger partial charge in [-0.25, -0.2) is 9.97 Å². The predicted molar refractivity (Wildman–Crippen MR) is 118 cm³/mol. The molecule has 2 N–H and O–H groups in total. The molecule has 1 aromatic carbocycles. The molecule has 0 radical (unpaired) electrons. The van der Waals surface area contributed by atoms with Crippen LogP contribution >= 0.6 is 23.1 Å². The number of thioether (sulfide) groups is 1. The van der Waals surface area contributed by atoms with Crippen LogP contribution in [0.15, 0.2) is 27.4 Å². The molecule has 4 aromatic rings. The number of carbonyl (C=O) groups is 1. The molecule has 0 saturated carbocycles. The van der Waals surface area contributed by atoms with Gasteiger partial charge in [0.05, 0.1) is 16.4 Å². The molecule has 1 amide bonds. The molecule has 3 heterocycles. The van der Waals surface area contributed by atoms with E-state index < -0.39 is 0 Å². The highest BCUT2D eigenvalue weighted by Gasteiger charge is 2.17. The predicted octanol–water partition coefficient (Wildman–Crippen LogP) is 4.31. The summed E-state index contributed by atoms with van der Waals surface area (Å²) in [6, 6.07) is 5.36. The Morgan fingerprint density at radius 1 is 1.31 bits per heavy atom. The minimum Gasteiger partial charge on any atom is -0.441 e. The van der Waals surface area contributed by atoms with Crippen LogP contribution in [0.4, 0.5) is 5.69 Å². The lowest BCUT2D eigenvalue weighted by Crippen LogP contribution is -2.23. The van der Waals surface area contributed by atoms with Crippen molar-refractivity contribution in [2.45, 2.75) is 38.7 Å². The van der Waals surface area contributed by atoms with Crippen molar-refractivity contribution in [3.63, 3.8) is 0 Å². The van der Waals surface area contributed by atoms with E-state index in [9.17, 15) is 9.59 Å². The maximum atomic E-state index is 12.5. The third kappa shape index (κ3) is 3.92. The summed E-state index contributed by atoms with van der Waals surface area (Å²) in [7, 11) is 0. The van der Waals surface area contributed by atoms with Crippen LogP contribution in [-0.2, 0) is 10.5 Å². The number of amides is 1. The summed E-state index contributed by atoms with van der Waals surface area (Å²) in [6.45, 7) is 7.53. The molecule has 0 aliphatic heterocycles. The Kier molecular flexibility index (Phi) is 5.18. The van der Waals surface area contributed by atoms with Crippen molar-refractivity contribution >= 4 is 56.0 Å². The third-order valence-corrected chi connectivity index (χ3v) is 6.94. The van der Waals surface area contributed by atoms with Crippen LogP contribution in [0.3, 0.4) is 0 Å². The largest absolute Gasteiger partial charge is 0.441 e. The van der Waals surface area contributed by atoms with Crippen molar-refractivity contribution in [2.75, 3.05) is 5.32 Å². The molecule has 0 bridgehead atoms. The van der Waals surface area contributed by atoms with E-state index in [2.05, 4.69) is 20.3 Å². The second kappa shape index (κ2) is 7.64. The molecule has 4 rings (SSSR count). The van der Waals surface area contributed by atoms with E-state index in [0.29, 0.717) is 39.6 Å². The number of rotatable bonds is 5. The minimum absolute atomic E-state index is 0.124. The number of benzene rings is 1. The third-order valence-electron chi connectivity index (χ3n) is 4.69. The fourth-order valence-corrected chi connectivity index (χ4v) is 4.82. The molecule has 0 aliphatic rings. The quantitative estimate of drug-likeness (QED) is 0.491. The Balaban J connectivity index is 1.43. The van der Waals surface area contributed by atoms with Crippen molar-refractivity contribution in [1.82, 2.24) is 15.0 Å². The maximum Gasteiger partial charge on any atom is 0.259 e. The van der Waals surface area contributed by atoms with Gasteiger partial charge in [-0.1, -0.05) is 0 Å². The molecule has 0 spiro atoms. The summed E-state index contributed by atoms with van der Waals surface area (Å²) in [6.07, 6.45) is 0. The van der Waals surface area contributed by atoms with Crippen LogP contribution in [0.25, 0.3) is 21.3 Å². The molecule has 3 aromatic heterocycles. The summed E-state index contributed by atoms with van der Waals surface area (Å²) >= 11 is 2.94. The van der Waals surface area contributed by atoms with E-state index in [1.165, 1.54) is 23.1 Å². The van der Waals surface area contributed by atoms with Gasteiger partial charge < -0.3 is 14.7 Å². The second-order valence-electron chi connectivity index (χ2n) is 6.83. The molecule has 1 atom stereocenters. The van der Waals surface area contributed by atoms with Crippen molar-refractivity contribution in [2.24, 2.45) is 0 Å². The smallest absolute Gasteiger partial charge is 0.259 e. The van der Waals surface area contributed by atoms with Crippen LogP contribution in [0.1, 0.15) is 29.1 Å². The zero-order valence-electron chi connectivity index (χ0n) is 16.5. The molecule has 1 unspecified atom stereocenters. The first-order chi connectivity index (χ1) is 13.8. The lowest BCUT2D eigenvalue weighted by molar-refractivity contribution is -0.115. The van der Waals surface area contributed by atoms with E-state index in [-0.39, 0.29) is 16.7 Å². The van der Waals surface area contributed by atoms with E-state index >= 15 is 0 Å². The number of aromatic nitrogens is 3. The maximum absolute atomic E-state index is 12.5. The van der Waals surface area contributed by atoms with Gasteiger partial charge in [0, 0.05) is 17.5 Å². The van der Waals surface area contributed by atoms with Crippen molar-refractivity contribution < 1.29 is 9.21 Å². The molecule has 0 aliphatic carbocycles. The highest BCUT2D eigenvalue weighted by molar-refractivity contribution is 7.99. The zero-order valence-corrected chi connectivity index (χ0v) is 18.1. The number of hydrogen-bond donors (Lipinski definition) is 2.